The lowest BCUT2D eigenvalue weighted by molar-refractivity contribution is -0.140. The molecule has 2 atom stereocenters. The molecule has 0 unspecified atom stereocenters. The highest BCUT2D eigenvalue weighted by Crippen LogP contribution is 2.42. The van der Waals surface area contributed by atoms with Gasteiger partial charge in [0.2, 0.25) is 0 Å². The lowest BCUT2D eigenvalue weighted by atomic mass is 9.94. The number of Topliss-reactive ketones (excluding diaryl/α,β-unsaturated/α-hetero) is 1. The summed E-state index contributed by atoms with van der Waals surface area (Å²) in [5.74, 6) is -0.132. The molecular weight excluding hydrogens is 480 g/mol. The number of benzene rings is 2. The summed E-state index contributed by atoms with van der Waals surface area (Å²) in [6.45, 7) is 4.89. The summed E-state index contributed by atoms with van der Waals surface area (Å²) < 4.78 is 11.8. The topological polar surface area (TPSA) is 89.0 Å². The van der Waals surface area contributed by atoms with Crippen LogP contribution in [0.3, 0.4) is 0 Å². The largest absolute Gasteiger partial charge is 0.507 e. The number of aromatic nitrogens is 1. The third-order valence-corrected chi connectivity index (χ3v) is 6.98. The Hall–Kier alpha value is -4.13. The summed E-state index contributed by atoms with van der Waals surface area (Å²) in [5.41, 5.74) is 2.99. The molecule has 196 valence electrons. The number of carbonyl (C=O) groups is 2. The fourth-order valence-corrected chi connectivity index (χ4v) is 5.12. The smallest absolute Gasteiger partial charge is 0.295 e. The summed E-state index contributed by atoms with van der Waals surface area (Å²) in [6, 6.07) is 15.7. The number of aliphatic hydroxyl groups is 1. The van der Waals surface area contributed by atoms with Crippen molar-refractivity contribution in [2.45, 2.75) is 58.2 Å². The Balaban J connectivity index is 1.56. The van der Waals surface area contributed by atoms with E-state index in [1.165, 1.54) is 4.90 Å². The van der Waals surface area contributed by atoms with Crippen molar-refractivity contribution in [3.63, 3.8) is 0 Å². The number of hydrogen-bond acceptors (Lipinski definition) is 6. The first-order valence-corrected chi connectivity index (χ1v) is 13.2. The molecule has 0 aliphatic carbocycles. The summed E-state index contributed by atoms with van der Waals surface area (Å²) in [7, 11) is 0. The van der Waals surface area contributed by atoms with Crippen molar-refractivity contribution in [1.29, 1.82) is 0 Å². The van der Waals surface area contributed by atoms with Crippen molar-refractivity contribution in [3.05, 3.63) is 94.8 Å². The van der Waals surface area contributed by atoms with Crippen molar-refractivity contribution >= 4 is 17.4 Å². The third kappa shape index (κ3) is 5.14. The zero-order valence-corrected chi connectivity index (χ0v) is 21.7. The van der Waals surface area contributed by atoms with Crippen LogP contribution in [-0.4, -0.2) is 39.4 Å². The van der Waals surface area contributed by atoms with Crippen LogP contribution < -0.4 is 9.47 Å². The van der Waals surface area contributed by atoms with Gasteiger partial charge in [-0.15, -0.1) is 0 Å². The van der Waals surface area contributed by atoms with Crippen molar-refractivity contribution < 1.29 is 24.2 Å². The van der Waals surface area contributed by atoms with E-state index in [4.69, 9.17) is 9.47 Å². The summed E-state index contributed by atoms with van der Waals surface area (Å²) in [4.78, 5) is 32.5. The second-order valence-corrected chi connectivity index (χ2v) is 9.87. The van der Waals surface area contributed by atoms with E-state index < -0.39 is 17.7 Å². The van der Waals surface area contributed by atoms with Gasteiger partial charge in [-0.25, -0.2) is 0 Å². The molecule has 38 heavy (non-hydrogen) atoms. The molecule has 7 nitrogen and oxygen atoms in total. The predicted octanol–water partition coefficient (Wildman–Crippen LogP) is 5.60. The molecule has 5 rings (SSSR count). The molecule has 1 fully saturated rings. The van der Waals surface area contributed by atoms with Gasteiger partial charge in [0.15, 0.2) is 0 Å². The number of hydrogen-bond donors (Lipinski definition) is 1. The highest BCUT2D eigenvalue weighted by atomic mass is 16.5. The molecule has 0 radical (unpaired) electrons. The minimum Gasteiger partial charge on any atom is -0.507 e. The fourth-order valence-electron chi connectivity index (χ4n) is 5.12. The number of rotatable bonds is 9. The number of amides is 1. The minimum atomic E-state index is -0.780. The molecule has 0 spiro atoms. The summed E-state index contributed by atoms with van der Waals surface area (Å²) in [5, 5.41) is 11.5. The number of ether oxygens (including phenoxy) is 2. The van der Waals surface area contributed by atoms with E-state index >= 15 is 0 Å². The minimum absolute atomic E-state index is 0.0486. The second kappa shape index (κ2) is 11.1. The van der Waals surface area contributed by atoms with Gasteiger partial charge in [-0.3, -0.25) is 14.6 Å². The van der Waals surface area contributed by atoms with Crippen molar-refractivity contribution in [3.8, 4) is 11.5 Å². The van der Waals surface area contributed by atoms with Crippen LogP contribution in [0.4, 0.5) is 0 Å². The fraction of sp³-hybridized carbons (Fsp3) is 0.323. The molecule has 2 aromatic carbocycles. The maximum absolute atomic E-state index is 13.4. The van der Waals surface area contributed by atoms with E-state index in [2.05, 4.69) is 11.9 Å². The van der Waals surface area contributed by atoms with E-state index in [-0.39, 0.29) is 24.0 Å². The third-order valence-electron chi connectivity index (χ3n) is 6.98. The molecule has 1 amide bonds. The molecule has 2 aliphatic heterocycles. The zero-order chi connectivity index (χ0) is 26.6. The molecule has 1 N–H and O–H groups in total. The van der Waals surface area contributed by atoms with Crippen molar-refractivity contribution in [2.75, 3.05) is 6.61 Å². The number of unbranched alkanes of at least 4 members (excludes halogenated alkanes) is 2. The number of carbonyl (C=O) groups excluding carboxylic acids is 2. The lowest BCUT2D eigenvalue weighted by Crippen LogP contribution is -2.29. The molecule has 1 saturated heterocycles. The maximum Gasteiger partial charge on any atom is 0.295 e. The van der Waals surface area contributed by atoms with E-state index in [0.29, 0.717) is 29.9 Å². The SMILES string of the molecule is CCCCCOc1cccc([C@H]2/C(=C(\O)c3ccc4c(c3)C[C@H](C)O4)C(=O)C(=O)N2Cc2cccnc2)c1. The average Bonchev–Trinajstić information content (AvgIpc) is 3.42. The van der Waals surface area contributed by atoms with Crippen LogP contribution in [0.1, 0.15) is 61.4 Å². The van der Waals surface area contributed by atoms with E-state index in [1.54, 1.807) is 30.6 Å². The first-order chi connectivity index (χ1) is 18.5. The highest BCUT2D eigenvalue weighted by Gasteiger charge is 2.46. The van der Waals surface area contributed by atoms with Gasteiger partial charge in [-0.2, -0.15) is 0 Å². The monoisotopic (exact) mass is 512 g/mol. The Morgan fingerprint density at radius 2 is 2.00 bits per heavy atom. The van der Waals surface area contributed by atoms with Gasteiger partial charge in [0.25, 0.3) is 11.7 Å². The Bertz CT molecular complexity index is 1370. The molecule has 2 aliphatic rings. The maximum atomic E-state index is 13.4. The number of fused-ring (bicyclic) bond motifs is 1. The molecule has 3 aromatic rings. The van der Waals surface area contributed by atoms with E-state index in [1.807, 2.05) is 43.3 Å². The molecule has 0 bridgehead atoms. The van der Waals surface area contributed by atoms with Gasteiger partial charge in [0.05, 0.1) is 18.2 Å². The van der Waals surface area contributed by atoms with Gasteiger partial charge >= 0.3 is 0 Å². The van der Waals surface area contributed by atoms with E-state index in [9.17, 15) is 14.7 Å². The number of pyridine rings is 1. The molecule has 7 heteroatoms. The number of likely N-dealkylation sites (tertiary alicyclic amines) is 1. The zero-order valence-electron chi connectivity index (χ0n) is 21.7. The first-order valence-electron chi connectivity index (χ1n) is 13.2. The van der Waals surface area contributed by atoms with Crippen LogP contribution in [-0.2, 0) is 22.6 Å². The van der Waals surface area contributed by atoms with Gasteiger partial charge in [-0.1, -0.05) is 38.0 Å². The summed E-state index contributed by atoms with van der Waals surface area (Å²) in [6.07, 6.45) is 7.22. The number of ketones is 1. The Morgan fingerprint density at radius 1 is 1.13 bits per heavy atom. The van der Waals surface area contributed by atoms with Gasteiger partial charge < -0.3 is 19.5 Å². The Labute approximate surface area is 222 Å². The van der Waals surface area contributed by atoms with Crippen LogP contribution >= 0.6 is 0 Å². The van der Waals surface area contributed by atoms with E-state index in [0.717, 1.165) is 36.1 Å². The quantitative estimate of drug-likeness (QED) is 0.174. The number of nitrogens with zero attached hydrogens (tertiary/aromatic N) is 2. The molecular formula is C31H32N2O5. The van der Waals surface area contributed by atoms with Crippen molar-refractivity contribution in [1.82, 2.24) is 9.88 Å². The van der Waals surface area contributed by atoms with Crippen LogP contribution in [0.15, 0.2) is 72.6 Å². The number of aliphatic hydroxyl groups excluding tert-OH is 1. The van der Waals surface area contributed by atoms with Gasteiger partial charge in [-0.05, 0) is 66.4 Å². The highest BCUT2D eigenvalue weighted by molar-refractivity contribution is 6.46. The molecule has 3 heterocycles. The first kappa shape index (κ1) is 25.5. The normalized spacial score (nSPS) is 19.9. The lowest BCUT2D eigenvalue weighted by Gasteiger charge is -2.25. The van der Waals surface area contributed by atoms with Gasteiger partial charge in [0.1, 0.15) is 23.4 Å². The van der Waals surface area contributed by atoms with Gasteiger partial charge in [0, 0.05) is 30.9 Å². The second-order valence-electron chi connectivity index (χ2n) is 9.87. The standard InChI is InChI=1S/C31H32N2O5/c1-3-4-5-14-37-25-10-6-9-22(17-25)28-27(29(34)23-11-12-26-24(16-23)15-20(2)38-26)30(35)31(36)33(28)19-21-8-7-13-32-18-21/h6-13,16-18,20,28,34H,3-5,14-15,19H2,1-2H3/b29-27+/t20-,28-/m0/s1. The van der Waals surface area contributed by atoms with Crippen LogP contribution in [0.5, 0.6) is 11.5 Å². The predicted molar refractivity (Wildman–Crippen MR) is 144 cm³/mol. The Kier molecular flexibility index (Phi) is 7.45. The van der Waals surface area contributed by atoms with Crippen LogP contribution in [0.2, 0.25) is 0 Å². The van der Waals surface area contributed by atoms with Crippen LogP contribution in [0.25, 0.3) is 5.76 Å². The molecule has 1 aromatic heterocycles. The van der Waals surface area contributed by atoms with Crippen LogP contribution in [0, 0.1) is 0 Å². The Morgan fingerprint density at radius 3 is 2.79 bits per heavy atom. The van der Waals surface area contributed by atoms with Crippen molar-refractivity contribution in [2.24, 2.45) is 0 Å². The summed E-state index contributed by atoms with van der Waals surface area (Å²) >= 11 is 0. The molecule has 0 saturated carbocycles. The average molecular weight is 513 g/mol.